The lowest BCUT2D eigenvalue weighted by atomic mass is 10.2. The van der Waals surface area contributed by atoms with Gasteiger partial charge in [-0.2, -0.15) is 0 Å². The first-order valence-electron chi connectivity index (χ1n) is 4.25. The fourth-order valence-corrected chi connectivity index (χ4v) is 0.707. The second kappa shape index (κ2) is 8.60. The average molecular weight is 176 g/mol. The van der Waals surface area contributed by atoms with Gasteiger partial charge >= 0.3 is 0 Å². The molecule has 0 aliphatic carbocycles. The maximum atomic E-state index is 4.60. The summed E-state index contributed by atoms with van der Waals surface area (Å²) in [5.74, 6) is 0. The summed E-state index contributed by atoms with van der Waals surface area (Å²) < 4.78 is 4.60. The van der Waals surface area contributed by atoms with Crippen molar-refractivity contribution in [2.24, 2.45) is 0 Å². The van der Waals surface area contributed by atoms with E-state index in [2.05, 4.69) is 17.9 Å². The highest BCUT2D eigenvalue weighted by molar-refractivity contribution is 5.45. The molecule has 0 bridgehead atoms. The lowest BCUT2D eigenvalue weighted by Gasteiger charge is -1.85. The van der Waals surface area contributed by atoms with Gasteiger partial charge in [0.05, 0.1) is 12.9 Å². The Morgan fingerprint density at radius 2 is 1.85 bits per heavy atom. The lowest BCUT2D eigenvalue weighted by Crippen LogP contribution is -1.72. The molecule has 0 saturated carbocycles. The molecule has 1 rings (SSSR count). The Labute approximate surface area is 80.4 Å². The van der Waals surface area contributed by atoms with Crippen LogP contribution < -0.4 is 0 Å². The third kappa shape index (κ3) is 6.88. The van der Waals surface area contributed by atoms with E-state index < -0.39 is 0 Å². The summed E-state index contributed by atoms with van der Waals surface area (Å²) in [7, 11) is 0. The summed E-state index contributed by atoms with van der Waals surface area (Å²) in [5, 5.41) is 0. The van der Waals surface area contributed by atoms with Crippen LogP contribution >= 0.6 is 0 Å². The Morgan fingerprint density at radius 1 is 1.23 bits per heavy atom. The first kappa shape index (κ1) is 11.5. The molecule has 0 saturated heterocycles. The van der Waals surface area contributed by atoms with Crippen LogP contribution in [0.15, 0.2) is 49.8 Å². The van der Waals surface area contributed by atoms with Gasteiger partial charge in [0.25, 0.3) is 0 Å². The van der Waals surface area contributed by atoms with Crippen molar-refractivity contribution in [3.63, 3.8) is 0 Å². The highest BCUT2D eigenvalue weighted by atomic mass is 16.5. The number of benzene rings is 1. The third-order valence-electron chi connectivity index (χ3n) is 1.32. The van der Waals surface area contributed by atoms with Crippen LogP contribution in [0.25, 0.3) is 6.08 Å². The monoisotopic (exact) mass is 176 g/mol. The van der Waals surface area contributed by atoms with E-state index in [1.165, 1.54) is 11.8 Å². The van der Waals surface area contributed by atoms with E-state index in [0.29, 0.717) is 0 Å². The van der Waals surface area contributed by atoms with Crippen LogP contribution in [0.2, 0.25) is 0 Å². The second-order valence-corrected chi connectivity index (χ2v) is 2.24. The van der Waals surface area contributed by atoms with E-state index in [1.54, 1.807) is 0 Å². The standard InChI is InChI=1S/C8H8.C4H8O/c1-2-8-6-4-3-5-7-8;1-3-5-4-2/h2-7H,1H2;3H,1,4H2,2H3. The van der Waals surface area contributed by atoms with Gasteiger partial charge in [0.2, 0.25) is 0 Å². The van der Waals surface area contributed by atoms with Crippen molar-refractivity contribution in [2.75, 3.05) is 6.61 Å². The minimum absolute atomic E-state index is 0.726. The molecule has 0 spiro atoms. The molecule has 1 aromatic carbocycles. The van der Waals surface area contributed by atoms with E-state index in [1.807, 2.05) is 43.3 Å². The summed E-state index contributed by atoms with van der Waals surface area (Å²) in [6.07, 6.45) is 3.26. The van der Waals surface area contributed by atoms with Crippen molar-refractivity contribution in [3.8, 4) is 0 Å². The third-order valence-corrected chi connectivity index (χ3v) is 1.32. The molecule has 1 aromatic rings. The van der Waals surface area contributed by atoms with Gasteiger partial charge in [0, 0.05) is 0 Å². The Hall–Kier alpha value is -1.50. The minimum Gasteiger partial charge on any atom is -0.502 e. The van der Waals surface area contributed by atoms with Crippen LogP contribution in [0, 0.1) is 0 Å². The minimum atomic E-state index is 0.726. The van der Waals surface area contributed by atoms with Crippen LogP contribution in [0.3, 0.4) is 0 Å². The zero-order valence-corrected chi connectivity index (χ0v) is 8.07. The van der Waals surface area contributed by atoms with Crippen molar-refractivity contribution >= 4 is 6.08 Å². The van der Waals surface area contributed by atoms with Crippen molar-refractivity contribution < 1.29 is 4.74 Å². The molecule has 0 atom stereocenters. The van der Waals surface area contributed by atoms with Gasteiger partial charge < -0.3 is 4.74 Å². The van der Waals surface area contributed by atoms with Gasteiger partial charge in [0.15, 0.2) is 0 Å². The molecule has 13 heavy (non-hydrogen) atoms. The van der Waals surface area contributed by atoms with Crippen molar-refractivity contribution in [1.82, 2.24) is 0 Å². The maximum Gasteiger partial charge on any atom is 0.0844 e. The molecule has 0 radical (unpaired) electrons. The molecular formula is C12H16O. The van der Waals surface area contributed by atoms with Crippen LogP contribution in [-0.4, -0.2) is 6.61 Å². The molecule has 0 aliphatic heterocycles. The molecule has 0 aliphatic rings. The summed E-state index contributed by atoms with van der Waals surface area (Å²) in [6, 6.07) is 10.0. The van der Waals surface area contributed by atoms with Gasteiger partial charge in [-0.25, -0.2) is 0 Å². The first-order chi connectivity index (χ1) is 6.35. The van der Waals surface area contributed by atoms with Crippen molar-refractivity contribution in [2.45, 2.75) is 6.92 Å². The zero-order chi connectivity index (χ0) is 9.94. The average Bonchev–Trinajstić information content (AvgIpc) is 2.21. The molecule has 0 fully saturated rings. The summed E-state index contributed by atoms with van der Waals surface area (Å²) in [5.41, 5.74) is 1.17. The van der Waals surface area contributed by atoms with E-state index in [0.717, 1.165) is 6.61 Å². The molecule has 0 amide bonds. The number of hydrogen-bond acceptors (Lipinski definition) is 1. The van der Waals surface area contributed by atoms with E-state index >= 15 is 0 Å². The quantitative estimate of drug-likeness (QED) is 0.640. The smallest absolute Gasteiger partial charge is 0.0844 e. The van der Waals surface area contributed by atoms with E-state index in [9.17, 15) is 0 Å². The van der Waals surface area contributed by atoms with Crippen molar-refractivity contribution in [3.05, 3.63) is 55.3 Å². The van der Waals surface area contributed by atoms with Crippen molar-refractivity contribution in [1.29, 1.82) is 0 Å². The van der Waals surface area contributed by atoms with Crippen LogP contribution in [-0.2, 0) is 4.74 Å². The fraction of sp³-hybridized carbons (Fsp3) is 0.167. The van der Waals surface area contributed by atoms with Gasteiger partial charge in [-0.15, -0.1) is 0 Å². The van der Waals surface area contributed by atoms with Crippen LogP contribution in [0.1, 0.15) is 12.5 Å². The molecule has 70 valence electrons. The molecule has 0 unspecified atom stereocenters. The molecule has 0 N–H and O–H groups in total. The number of rotatable bonds is 3. The van der Waals surface area contributed by atoms with Gasteiger partial charge in [0.1, 0.15) is 0 Å². The normalized spacial score (nSPS) is 7.77. The highest BCUT2D eigenvalue weighted by Crippen LogP contribution is 1.97. The topological polar surface area (TPSA) is 9.23 Å². The first-order valence-corrected chi connectivity index (χ1v) is 4.25. The van der Waals surface area contributed by atoms with Crippen LogP contribution in [0.4, 0.5) is 0 Å². The van der Waals surface area contributed by atoms with E-state index in [-0.39, 0.29) is 0 Å². The SMILES string of the molecule is C=COCC.C=Cc1ccccc1. The second-order valence-electron chi connectivity index (χ2n) is 2.24. The van der Waals surface area contributed by atoms with Gasteiger partial charge in [-0.05, 0) is 12.5 Å². The predicted molar refractivity (Wildman–Crippen MR) is 58.4 cm³/mol. The lowest BCUT2D eigenvalue weighted by molar-refractivity contribution is 0.270. The predicted octanol–water partition coefficient (Wildman–Crippen LogP) is 3.50. The molecule has 1 nitrogen and oxygen atoms in total. The fourth-order valence-electron chi connectivity index (χ4n) is 0.707. The molecule has 0 aromatic heterocycles. The Kier molecular flexibility index (Phi) is 7.60. The van der Waals surface area contributed by atoms with Gasteiger partial charge in [-0.1, -0.05) is 49.6 Å². The van der Waals surface area contributed by atoms with E-state index in [4.69, 9.17) is 0 Å². The molecule has 1 heteroatoms. The molecule has 0 heterocycles. The highest BCUT2D eigenvalue weighted by Gasteiger charge is 1.75. The Balaban J connectivity index is 0.000000252. The molecular weight excluding hydrogens is 160 g/mol. The zero-order valence-electron chi connectivity index (χ0n) is 8.07. The van der Waals surface area contributed by atoms with Crippen LogP contribution in [0.5, 0.6) is 0 Å². The summed E-state index contributed by atoms with van der Waals surface area (Å²) in [6.45, 7) is 9.60. The maximum absolute atomic E-state index is 4.60. The Morgan fingerprint density at radius 3 is 2.08 bits per heavy atom. The Bertz CT molecular complexity index is 226. The number of ether oxygens (including phenoxy) is 1. The summed E-state index contributed by atoms with van der Waals surface area (Å²) >= 11 is 0. The van der Waals surface area contributed by atoms with Gasteiger partial charge in [-0.3, -0.25) is 0 Å². The summed E-state index contributed by atoms with van der Waals surface area (Å²) in [4.78, 5) is 0. The number of hydrogen-bond donors (Lipinski definition) is 0. The largest absolute Gasteiger partial charge is 0.502 e.